The maximum atomic E-state index is 12.7. The summed E-state index contributed by atoms with van der Waals surface area (Å²) in [5, 5.41) is 0. The Morgan fingerprint density at radius 3 is 2.55 bits per heavy atom. The number of ketones is 1. The third-order valence-corrected chi connectivity index (χ3v) is 8.11. The van der Waals surface area contributed by atoms with Gasteiger partial charge in [-0.05, 0) is 62.1 Å². The van der Waals surface area contributed by atoms with E-state index in [1.807, 2.05) is 6.92 Å². The number of carbonyl (C=O) groups is 1. The van der Waals surface area contributed by atoms with Gasteiger partial charge in [-0.2, -0.15) is 0 Å². The highest BCUT2D eigenvalue weighted by atomic mass is 32.2. The molecule has 156 valence electrons. The predicted octanol–water partition coefficient (Wildman–Crippen LogP) is 3.18. The number of nitrogens with one attached hydrogen (secondary N) is 1. The average Bonchev–Trinajstić information content (AvgIpc) is 2.67. The Labute approximate surface area is 171 Å². The fourth-order valence-electron chi connectivity index (χ4n) is 3.38. The molecule has 29 heavy (non-hydrogen) atoms. The molecule has 0 amide bonds. The first-order valence-electron chi connectivity index (χ1n) is 9.41. The molecule has 1 aliphatic rings. The summed E-state index contributed by atoms with van der Waals surface area (Å²) >= 11 is 0. The van der Waals surface area contributed by atoms with Crippen molar-refractivity contribution in [3.8, 4) is 0 Å². The number of aryl methyl sites for hydroxylation is 1. The Bertz CT molecular complexity index is 1140. The van der Waals surface area contributed by atoms with Gasteiger partial charge >= 0.3 is 0 Å². The summed E-state index contributed by atoms with van der Waals surface area (Å²) in [7, 11) is -7.27. The highest BCUT2D eigenvalue weighted by Gasteiger charge is 2.27. The molecular formula is C20H24N2O5S2. The van der Waals surface area contributed by atoms with E-state index in [4.69, 9.17) is 0 Å². The van der Waals surface area contributed by atoms with E-state index in [1.54, 1.807) is 24.3 Å². The summed E-state index contributed by atoms with van der Waals surface area (Å²) < 4.78 is 54.4. The van der Waals surface area contributed by atoms with E-state index in [1.165, 1.54) is 29.4 Å². The molecule has 9 heteroatoms. The van der Waals surface area contributed by atoms with Crippen molar-refractivity contribution in [3.63, 3.8) is 0 Å². The van der Waals surface area contributed by atoms with Crippen molar-refractivity contribution in [3.05, 3.63) is 53.6 Å². The Morgan fingerprint density at radius 2 is 1.86 bits per heavy atom. The number of sulfonamides is 2. The molecule has 1 aliphatic heterocycles. The lowest BCUT2D eigenvalue weighted by molar-refractivity contribution is 0.101. The molecule has 0 saturated heterocycles. The Hall–Kier alpha value is -2.39. The van der Waals surface area contributed by atoms with E-state index in [0.29, 0.717) is 42.7 Å². The number of Topliss-reactive ketones (excluding diaryl/α,β-unsaturated/α-hetero) is 1. The minimum Gasteiger partial charge on any atom is -0.295 e. The number of rotatable bonds is 7. The van der Waals surface area contributed by atoms with Gasteiger partial charge < -0.3 is 0 Å². The van der Waals surface area contributed by atoms with Crippen LogP contribution in [-0.4, -0.2) is 34.9 Å². The van der Waals surface area contributed by atoms with Gasteiger partial charge in [0, 0.05) is 17.8 Å². The molecule has 0 saturated carbocycles. The van der Waals surface area contributed by atoms with Crippen LogP contribution in [0.2, 0.25) is 0 Å². The smallest absolute Gasteiger partial charge is 0.261 e. The standard InChI is InChI=1S/C20H24N2O5S2/c1-3-12-28(24,25)22-11-5-7-17-13-18(9-10-20(17)22)21-29(26,27)19-8-4-6-16(14-19)15(2)23/h4,6,8-10,13-14,21H,3,5,7,11-12H2,1-2H3. The van der Waals surface area contributed by atoms with Crippen molar-refractivity contribution in [2.24, 2.45) is 0 Å². The van der Waals surface area contributed by atoms with E-state index in [9.17, 15) is 21.6 Å². The summed E-state index contributed by atoms with van der Waals surface area (Å²) in [5.74, 6) is -0.142. The molecule has 1 heterocycles. The lowest BCUT2D eigenvalue weighted by atomic mass is 10.0. The average molecular weight is 437 g/mol. The lowest BCUT2D eigenvalue weighted by Gasteiger charge is -2.30. The molecule has 2 aromatic carbocycles. The Kier molecular flexibility index (Phi) is 6.00. The van der Waals surface area contributed by atoms with Crippen molar-refractivity contribution in [2.45, 2.75) is 38.0 Å². The number of hydrogen-bond acceptors (Lipinski definition) is 5. The van der Waals surface area contributed by atoms with Crippen LogP contribution in [0.25, 0.3) is 0 Å². The van der Waals surface area contributed by atoms with Crippen LogP contribution in [0.3, 0.4) is 0 Å². The highest BCUT2D eigenvalue weighted by molar-refractivity contribution is 7.93. The van der Waals surface area contributed by atoms with Gasteiger partial charge in [0.05, 0.1) is 16.3 Å². The first kappa shape index (κ1) is 21.3. The second-order valence-electron chi connectivity index (χ2n) is 7.02. The molecule has 7 nitrogen and oxygen atoms in total. The fraction of sp³-hybridized carbons (Fsp3) is 0.350. The van der Waals surface area contributed by atoms with Gasteiger partial charge in [-0.25, -0.2) is 16.8 Å². The minimum absolute atomic E-state index is 0.00456. The monoisotopic (exact) mass is 436 g/mol. The van der Waals surface area contributed by atoms with Gasteiger partial charge in [-0.15, -0.1) is 0 Å². The number of hydrogen-bond donors (Lipinski definition) is 1. The van der Waals surface area contributed by atoms with Crippen LogP contribution in [0.5, 0.6) is 0 Å². The highest BCUT2D eigenvalue weighted by Crippen LogP contribution is 2.32. The first-order valence-corrected chi connectivity index (χ1v) is 12.5. The van der Waals surface area contributed by atoms with Crippen molar-refractivity contribution >= 4 is 37.2 Å². The minimum atomic E-state index is -3.88. The molecular weight excluding hydrogens is 412 g/mol. The molecule has 1 N–H and O–H groups in total. The topological polar surface area (TPSA) is 101 Å². The van der Waals surface area contributed by atoms with Crippen molar-refractivity contribution < 1.29 is 21.6 Å². The Balaban J connectivity index is 1.90. The third kappa shape index (κ3) is 4.62. The number of carbonyl (C=O) groups excluding carboxylic acids is 1. The Morgan fingerprint density at radius 1 is 1.10 bits per heavy atom. The number of benzene rings is 2. The van der Waals surface area contributed by atoms with Crippen LogP contribution in [-0.2, 0) is 26.5 Å². The summed E-state index contributed by atoms with van der Waals surface area (Å²) in [6.07, 6.45) is 1.88. The lowest BCUT2D eigenvalue weighted by Crippen LogP contribution is -2.37. The van der Waals surface area contributed by atoms with Crippen LogP contribution in [0.1, 0.15) is 42.6 Å². The zero-order valence-electron chi connectivity index (χ0n) is 16.4. The number of nitrogens with zero attached hydrogens (tertiary/aromatic N) is 1. The van der Waals surface area contributed by atoms with Gasteiger partial charge in [0.2, 0.25) is 10.0 Å². The maximum Gasteiger partial charge on any atom is 0.261 e. The summed E-state index contributed by atoms with van der Waals surface area (Å²) in [6.45, 7) is 3.63. The number of fused-ring (bicyclic) bond motifs is 1. The SMILES string of the molecule is CCCS(=O)(=O)N1CCCc2cc(NS(=O)(=O)c3cccc(C(C)=O)c3)ccc21. The molecule has 0 spiro atoms. The van der Waals surface area contributed by atoms with Gasteiger partial charge in [0.15, 0.2) is 5.78 Å². The second-order valence-corrected chi connectivity index (χ2v) is 10.7. The van der Waals surface area contributed by atoms with Gasteiger partial charge in [0.25, 0.3) is 10.0 Å². The molecule has 0 aromatic heterocycles. The summed E-state index contributed by atoms with van der Waals surface area (Å²) in [5.41, 5.74) is 2.06. The fourth-order valence-corrected chi connectivity index (χ4v) is 6.10. The zero-order valence-corrected chi connectivity index (χ0v) is 18.0. The van der Waals surface area contributed by atoms with Crippen LogP contribution in [0.15, 0.2) is 47.4 Å². The van der Waals surface area contributed by atoms with Crippen LogP contribution < -0.4 is 9.03 Å². The molecule has 2 aromatic rings. The molecule has 3 rings (SSSR count). The molecule has 0 atom stereocenters. The van der Waals surface area contributed by atoms with E-state index in [0.717, 1.165) is 5.56 Å². The van der Waals surface area contributed by atoms with Crippen molar-refractivity contribution in [1.82, 2.24) is 0 Å². The molecule has 0 radical (unpaired) electrons. The zero-order chi connectivity index (χ0) is 21.2. The van der Waals surface area contributed by atoms with E-state index >= 15 is 0 Å². The quantitative estimate of drug-likeness (QED) is 0.672. The normalized spacial score (nSPS) is 14.3. The van der Waals surface area contributed by atoms with E-state index in [-0.39, 0.29) is 16.4 Å². The van der Waals surface area contributed by atoms with Gasteiger partial charge in [-0.1, -0.05) is 19.1 Å². The van der Waals surface area contributed by atoms with Crippen molar-refractivity contribution in [2.75, 3.05) is 21.3 Å². The van der Waals surface area contributed by atoms with Crippen LogP contribution in [0.4, 0.5) is 11.4 Å². The molecule has 0 fully saturated rings. The van der Waals surface area contributed by atoms with Crippen molar-refractivity contribution in [1.29, 1.82) is 0 Å². The number of anilines is 2. The summed E-state index contributed by atoms with van der Waals surface area (Å²) in [6, 6.07) is 10.7. The molecule has 0 aliphatic carbocycles. The second kappa shape index (κ2) is 8.16. The van der Waals surface area contributed by atoms with Crippen LogP contribution >= 0.6 is 0 Å². The third-order valence-electron chi connectivity index (χ3n) is 4.76. The predicted molar refractivity (Wildman–Crippen MR) is 113 cm³/mol. The van der Waals surface area contributed by atoms with E-state index in [2.05, 4.69) is 4.72 Å². The maximum absolute atomic E-state index is 12.7. The largest absolute Gasteiger partial charge is 0.295 e. The molecule has 0 bridgehead atoms. The van der Waals surface area contributed by atoms with Gasteiger partial charge in [0.1, 0.15) is 0 Å². The first-order chi connectivity index (χ1) is 13.6. The van der Waals surface area contributed by atoms with Crippen LogP contribution in [0, 0.1) is 0 Å². The van der Waals surface area contributed by atoms with E-state index < -0.39 is 20.0 Å². The van der Waals surface area contributed by atoms with Gasteiger partial charge in [-0.3, -0.25) is 13.8 Å². The molecule has 0 unspecified atom stereocenters. The summed E-state index contributed by atoms with van der Waals surface area (Å²) in [4.78, 5) is 11.5.